The minimum atomic E-state index is -2.00. The first-order chi connectivity index (χ1) is 10.4. The predicted octanol–water partition coefficient (Wildman–Crippen LogP) is -0.368. The molecule has 0 bridgehead atoms. The van der Waals surface area contributed by atoms with E-state index in [1.54, 1.807) is 18.2 Å². The van der Waals surface area contributed by atoms with Crippen LogP contribution >= 0.6 is 0 Å². The topological polar surface area (TPSA) is 113 Å². The van der Waals surface area contributed by atoms with Crippen LogP contribution in [0.15, 0.2) is 30.3 Å². The third-order valence-corrected chi connectivity index (χ3v) is 3.69. The summed E-state index contributed by atoms with van der Waals surface area (Å²) in [5.41, 5.74) is -1.74. The van der Waals surface area contributed by atoms with Gasteiger partial charge in [0.25, 0.3) is 0 Å². The van der Waals surface area contributed by atoms with E-state index in [4.69, 9.17) is 4.74 Å². The summed E-state index contributed by atoms with van der Waals surface area (Å²) in [6.07, 6.45) is -4.76. The van der Waals surface area contributed by atoms with Crippen LogP contribution in [0.4, 0.5) is 0 Å². The molecular formula is C15H18O7. The highest BCUT2D eigenvalue weighted by Crippen LogP contribution is 2.32. The van der Waals surface area contributed by atoms with E-state index in [0.717, 1.165) is 7.11 Å². The molecule has 1 aliphatic carbocycles. The van der Waals surface area contributed by atoms with Crippen molar-refractivity contribution in [2.45, 2.75) is 36.8 Å². The zero-order valence-electron chi connectivity index (χ0n) is 12.0. The monoisotopic (exact) mass is 310 g/mol. The van der Waals surface area contributed by atoms with Crippen LogP contribution in [0, 0.1) is 0 Å². The lowest BCUT2D eigenvalue weighted by Gasteiger charge is -2.39. The molecule has 7 nitrogen and oxygen atoms in total. The second-order valence-electron chi connectivity index (χ2n) is 5.30. The standard InChI is InChI=1S/C15H18O7/c1-21-14(19)15(20)7-10(16)12(17)11(8-15)22-13(18)9-5-3-2-4-6-9/h2-6,10-12,16-17,20H,7-8H2,1H3/t10-,11+,12+,15+/m1/s1. The molecule has 0 amide bonds. The van der Waals surface area contributed by atoms with Gasteiger partial charge in [0.2, 0.25) is 0 Å². The molecule has 0 aliphatic heterocycles. The van der Waals surface area contributed by atoms with Crippen molar-refractivity contribution in [1.82, 2.24) is 0 Å². The van der Waals surface area contributed by atoms with E-state index in [1.807, 2.05) is 0 Å². The highest BCUT2D eigenvalue weighted by atomic mass is 16.6. The Hall–Kier alpha value is -1.96. The van der Waals surface area contributed by atoms with Gasteiger partial charge >= 0.3 is 11.9 Å². The van der Waals surface area contributed by atoms with E-state index in [-0.39, 0.29) is 18.4 Å². The van der Waals surface area contributed by atoms with Gasteiger partial charge in [-0.1, -0.05) is 18.2 Å². The van der Waals surface area contributed by atoms with Crippen molar-refractivity contribution in [2.75, 3.05) is 7.11 Å². The Kier molecular flexibility index (Phi) is 4.80. The number of carbonyl (C=O) groups is 2. The Balaban J connectivity index is 2.14. The molecule has 1 saturated carbocycles. The van der Waals surface area contributed by atoms with E-state index >= 15 is 0 Å². The molecule has 4 atom stereocenters. The maximum atomic E-state index is 12.0. The van der Waals surface area contributed by atoms with Crippen LogP contribution < -0.4 is 0 Å². The lowest BCUT2D eigenvalue weighted by Crippen LogP contribution is -2.57. The molecule has 0 saturated heterocycles. The second kappa shape index (κ2) is 6.43. The fourth-order valence-electron chi connectivity index (χ4n) is 2.50. The van der Waals surface area contributed by atoms with Gasteiger partial charge in [0.05, 0.1) is 18.8 Å². The Bertz CT molecular complexity index is 544. The number of esters is 2. The normalized spacial score (nSPS) is 31.4. The van der Waals surface area contributed by atoms with Crippen LogP contribution in [-0.4, -0.2) is 58.3 Å². The van der Waals surface area contributed by atoms with Crippen LogP contribution in [0.1, 0.15) is 23.2 Å². The van der Waals surface area contributed by atoms with E-state index in [2.05, 4.69) is 4.74 Å². The molecule has 1 aromatic rings. The third kappa shape index (κ3) is 3.27. The Labute approximate surface area is 127 Å². The Morgan fingerprint density at radius 2 is 1.82 bits per heavy atom. The van der Waals surface area contributed by atoms with Crippen molar-refractivity contribution >= 4 is 11.9 Å². The summed E-state index contributed by atoms with van der Waals surface area (Å²) in [6, 6.07) is 8.08. The number of hydrogen-bond donors (Lipinski definition) is 3. The van der Waals surface area contributed by atoms with Crippen molar-refractivity contribution in [3.63, 3.8) is 0 Å². The predicted molar refractivity (Wildman–Crippen MR) is 73.9 cm³/mol. The second-order valence-corrected chi connectivity index (χ2v) is 5.30. The molecule has 3 N–H and O–H groups in total. The molecule has 120 valence electrons. The first kappa shape index (κ1) is 16.4. The molecule has 0 aromatic heterocycles. The summed E-state index contributed by atoms with van der Waals surface area (Å²) in [5, 5.41) is 30.0. The first-order valence-electron chi connectivity index (χ1n) is 6.80. The van der Waals surface area contributed by atoms with Gasteiger partial charge in [-0.2, -0.15) is 0 Å². The summed E-state index contributed by atoms with van der Waals surface area (Å²) in [4.78, 5) is 23.6. The number of aliphatic hydroxyl groups excluding tert-OH is 2. The zero-order chi connectivity index (χ0) is 16.3. The van der Waals surface area contributed by atoms with Crippen molar-refractivity contribution in [1.29, 1.82) is 0 Å². The summed E-state index contributed by atoms with van der Waals surface area (Å²) < 4.78 is 9.63. The number of ether oxygens (including phenoxy) is 2. The van der Waals surface area contributed by atoms with E-state index in [1.165, 1.54) is 12.1 Å². The van der Waals surface area contributed by atoms with E-state index < -0.39 is 35.9 Å². The van der Waals surface area contributed by atoms with Crippen LogP contribution in [0.25, 0.3) is 0 Å². The van der Waals surface area contributed by atoms with Crippen LogP contribution in [-0.2, 0) is 14.3 Å². The van der Waals surface area contributed by atoms with Crippen LogP contribution in [0.3, 0.4) is 0 Å². The van der Waals surface area contributed by atoms with Crippen molar-refractivity contribution in [3.05, 3.63) is 35.9 Å². The van der Waals surface area contributed by atoms with Gasteiger partial charge in [-0.15, -0.1) is 0 Å². The van der Waals surface area contributed by atoms with Gasteiger partial charge in [-0.25, -0.2) is 9.59 Å². The third-order valence-electron chi connectivity index (χ3n) is 3.69. The number of methoxy groups -OCH3 is 1. The van der Waals surface area contributed by atoms with Gasteiger partial charge in [-0.3, -0.25) is 0 Å². The van der Waals surface area contributed by atoms with Crippen molar-refractivity contribution in [3.8, 4) is 0 Å². The quantitative estimate of drug-likeness (QED) is 0.653. The molecule has 22 heavy (non-hydrogen) atoms. The van der Waals surface area contributed by atoms with Crippen molar-refractivity contribution < 1.29 is 34.4 Å². The highest BCUT2D eigenvalue weighted by Gasteiger charge is 2.51. The van der Waals surface area contributed by atoms with Crippen LogP contribution in [0.5, 0.6) is 0 Å². The number of hydrogen-bond acceptors (Lipinski definition) is 7. The number of rotatable bonds is 3. The highest BCUT2D eigenvalue weighted by molar-refractivity contribution is 5.89. The maximum absolute atomic E-state index is 12.0. The molecule has 7 heteroatoms. The summed E-state index contributed by atoms with van der Waals surface area (Å²) in [5.74, 6) is -1.66. The van der Waals surface area contributed by atoms with E-state index in [0.29, 0.717) is 0 Å². The minimum absolute atomic E-state index is 0.261. The first-order valence-corrected chi connectivity index (χ1v) is 6.80. The zero-order valence-corrected chi connectivity index (χ0v) is 12.0. The number of aliphatic hydroxyl groups is 3. The van der Waals surface area contributed by atoms with Crippen LogP contribution in [0.2, 0.25) is 0 Å². The lowest BCUT2D eigenvalue weighted by molar-refractivity contribution is -0.190. The molecule has 1 aliphatic rings. The average Bonchev–Trinajstić information content (AvgIpc) is 2.52. The number of benzene rings is 1. The lowest BCUT2D eigenvalue weighted by atomic mass is 9.79. The van der Waals surface area contributed by atoms with Gasteiger partial charge in [0, 0.05) is 12.8 Å². The molecule has 0 radical (unpaired) electrons. The van der Waals surface area contributed by atoms with Crippen molar-refractivity contribution in [2.24, 2.45) is 0 Å². The average molecular weight is 310 g/mol. The fraction of sp³-hybridized carbons (Fsp3) is 0.467. The molecule has 1 aromatic carbocycles. The molecule has 0 heterocycles. The summed E-state index contributed by atoms with van der Waals surface area (Å²) in [6.45, 7) is 0. The van der Waals surface area contributed by atoms with Gasteiger partial charge in [-0.05, 0) is 12.1 Å². The molecular weight excluding hydrogens is 292 g/mol. The van der Waals surface area contributed by atoms with Gasteiger partial charge < -0.3 is 24.8 Å². The molecule has 1 fully saturated rings. The maximum Gasteiger partial charge on any atom is 0.338 e. The van der Waals surface area contributed by atoms with Gasteiger partial charge in [0.15, 0.2) is 5.60 Å². The SMILES string of the molecule is COC(=O)[C@]1(O)C[C@@H](O)[C@H](O)[C@@H](OC(=O)c2ccccc2)C1. The largest absolute Gasteiger partial charge is 0.467 e. The summed E-state index contributed by atoms with van der Waals surface area (Å²) in [7, 11) is 1.10. The minimum Gasteiger partial charge on any atom is -0.467 e. The Morgan fingerprint density at radius 1 is 1.18 bits per heavy atom. The molecule has 0 spiro atoms. The smallest absolute Gasteiger partial charge is 0.338 e. The number of carbonyl (C=O) groups excluding carboxylic acids is 2. The fourth-order valence-corrected chi connectivity index (χ4v) is 2.50. The molecule has 0 unspecified atom stereocenters. The van der Waals surface area contributed by atoms with Gasteiger partial charge in [0.1, 0.15) is 12.2 Å². The van der Waals surface area contributed by atoms with E-state index in [9.17, 15) is 24.9 Å². The Morgan fingerprint density at radius 3 is 2.41 bits per heavy atom. The summed E-state index contributed by atoms with van der Waals surface area (Å²) >= 11 is 0. The molecule has 2 rings (SSSR count).